The highest BCUT2D eigenvalue weighted by Crippen LogP contribution is 2.34. The van der Waals surface area contributed by atoms with Crippen LogP contribution in [0.3, 0.4) is 0 Å². The number of nitriles is 1. The number of amides is 1. The molecule has 0 aliphatic carbocycles. The molecule has 0 aliphatic heterocycles. The summed E-state index contributed by atoms with van der Waals surface area (Å²) in [7, 11) is 1.82. The number of benzene rings is 3. The molecule has 0 atom stereocenters. The van der Waals surface area contributed by atoms with Gasteiger partial charge in [-0.1, -0.05) is 49.7 Å². The Morgan fingerprint density at radius 1 is 1.18 bits per heavy atom. The van der Waals surface area contributed by atoms with Gasteiger partial charge in [0.05, 0.1) is 27.6 Å². The molecule has 0 bridgehead atoms. The molecule has 0 saturated carbocycles. The molecule has 4 rings (SSSR count). The molecule has 6 nitrogen and oxygen atoms in total. The van der Waals surface area contributed by atoms with Gasteiger partial charge in [-0.15, -0.1) is 0 Å². The Hall–Kier alpha value is -3.63. The second kappa shape index (κ2) is 10.5. The van der Waals surface area contributed by atoms with Gasteiger partial charge in [0.2, 0.25) is 0 Å². The summed E-state index contributed by atoms with van der Waals surface area (Å²) in [6, 6.07) is 21.8. The molecular formula is C27H25BrN4O2. The van der Waals surface area contributed by atoms with Crippen molar-refractivity contribution in [1.29, 1.82) is 5.26 Å². The minimum absolute atomic E-state index is 0.00400. The Morgan fingerprint density at radius 2 is 1.97 bits per heavy atom. The third kappa shape index (κ3) is 4.82. The van der Waals surface area contributed by atoms with Crippen molar-refractivity contribution in [2.24, 2.45) is 0 Å². The van der Waals surface area contributed by atoms with Crippen molar-refractivity contribution in [2.75, 3.05) is 13.7 Å². The fourth-order valence-electron chi connectivity index (χ4n) is 4.01. The average Bonchev–Trinajstić information content (AvgIpc) is 3.27. The number of carbonyl (C=O) groups excluding carboxylic acids is 1. The maximum absolute atomic E-state index is 13.4. The first kappa shape index (κ1) is 23.5. The quantitative estimate of drug-likeness (QED) is 0.291. The second-order valence-electron chi connectivity index (χ2n) is 8.04. The number of hydrogen-bond acceptors (Lipinski definition) is 4. The van der Waals surface area contributed by atoms with Crippen molar-refractivity contribution >= 4 is 32.6 Å². The zero-order valence-electron chi connectivity index (χ0n) is 19.2. The van der Waals surface area contributed by atoms with Gasteiger partial charge in [-0.2, -0.15) is 10.4 Å². The van der Waals surface area contributed by atoms with Gasteiger partial charge in [0.1, 0.15) is 11.8 Å². The predicted molar refractivity (Wildman–Crippen MR) is 136 cm³/mol. The molecule has 34 heavy (non-hydrogen) atoms. The Labute approximate surface area is 207 Å². The van der Waals surface area contributed by atoms with E-state index >= 15 is 0 Å². The highest BCUT2D eigenvalue weighted by molar-refractivity contribution is 9.10. The molecule has 7 heteroatoms. The number of carbonyl (C=O) groups is 1. The number of aromatic nitrogens is 2. The number of halogens is 1. The van der Waals surface area contributed by atoms with Crippen LogP contribution >= 0.6 is 15.9 Å². The van der Waals surface area contributed by atoms with Gasteiger partial charge in [-0.3, -0.25) is 4.79 Å². The fourth-order valence-corrected chi connectivity index (χ4v) is 4.62. The van der Waals surface area contributed by atoms with Gasteiger partial charge in [-0.25, -0.2) is 4.68 Å². The number of fused-ring (bicyclic) bond motifs is 1. The summed E-state index contributed by atoms with van der Waals surface area (Å²) in [6.45, 7) is 2.57. The third-order valence-corrected chi connectivity index (χ3v) is 6.45. The van der Waals surface area contributed by atoms with Crippen molar-refractivity contribution in [3.8, 4) is 17.5 Å². The van der Waals surface area contributed by atoms with Gasteiger partial charge < -0.3 is 9.64 Å². The van der Waals surface area contributed by atoms with Crippen LogP contribution in [-0.4, -0.2) is 34.2 Å². The van der Waals surface area contributed by atoms with E-state index in [0.717, 1.165) is 45.0 Å². The van der Waals surface area contributed by atoms with E-state index in [-0.39, 0.29) is 12.5 Å². The largest absolute Gasteiger partial charge is 0.478 e. The molecule has 0 unspecified atom stereocenters. The van der Waals surface area contributed by atoms with Gasteiger partial charge in [0.25, 0.3) is 5.91 Å². The smallest absolute Gasteiger partial charge is 0.257 e. The monoisotopic (exact) mass is 516 g/mol. The van der Waals surface area contributed by atoms with Gasteiger partial charge in [0, 0.05) is 13.6 Å². The van der Waals surface area contributed by atoms with Gasteiger partial charge >= 0.3 is 0 Å². The lowest BCUT2D eigenvalue weighted by Gasteiger charge is -2.18. The normalized spacial score (nSPS) is 10.8. The van der Waals surface area contributed by atoms with E-state index in [0.29, 0.717) is 17.9 Å². The van der Waals surface area contributed by atoms with E-state index in [1.807, 2.05) is 72.4 Å². The van der Waals surface area contributed by atoms with Crippen molar-refractivity contribution < 1.29 is 9.53 Å². The summed E-state index contributed by atoms with van der Waals surface area (Å²) in [5.74, 6) is 0.583. The van der Waals surface area contributed by atoms with Crippen LogP contribution in [0.2, 0.25) is 0 Å². The Kier molecular flexibility index (Phi) is 7.29. The number of rotatable bonds is 8. The first-order valence-electron chi connectivity index (χ1n) is 11.1. The highest BCUT2D eigenvalue weighted by atomic mass is 79.9. The molecule has 0 fully saturated rings. The van der Waals surface area contributed by atoms with E-state index < -0.39 is 0 Å². The predicted octanol–water partition coefficient (Wildman–Crippen LogP) is 5.92. The maximum Gasteiger partial charge on any atom is 0.257 e. The molecule has 1 aromatic heterocycles. The van der Waals surface area contributed by atoms with Gasteiger partial charge in [0.15, 0.2) is 6.61 Å². The van der Waals surface area contributed by atoms with Crippen molar-refractivity contribution in [2.45, 2.75) is 26.3 Å². The molecule has 0 N–H and O–H groups in total. The summed E-state index contributed by atoms with van der Waals surface area (Å²) in [5, 5.41) is 15.3. The molecular weight excluding hydrogens is 492 g/mol. The molecule has 0 aliphatic rings. The van der Waals surface area contributed by atoms with E-state index in [1.165, 1.54) is 0 Å². The molecule has 0 radical (unpaired) electrons. The second-order valence-corrected chi connectivity index (χ2v) is 8.84. The fraction of sp³-hybridized carbons (Fsp3) is 0.222. The molecule has 1 amide bonds. The summed E-state index contributed by atoms with van der Waals surface area (Å²) < 4.78 is 8.14. The summed E-state index contributed by atoms with van der Waals surface area (Å²) in [4.78, 5) is 15.1. The number of para-hydroxylation sites is 1. The highest BCUT2D eigenvalue weighted by Gasteiger charge is 2.21. The summed E-state index contributed by atoms with van der Waals surface area (Å²) in [5.41, 5.74) is 3.54. The third-order valence-electron chi connectivity index (χ3n) is 5.63. The standard InChI is InChI=1S/C27H25BrN4O2/c1-3-7-24-23(17-30-32(24)21-8-5-4-6-9-21)27(33)31(2)18-19-10-12-22-20(16-19)11-13-25(26(22)28)34-15-14-29/h4-6,8-13,16-17H,3,7,15,18H2,1-2H3. The zero-order valence-corrected chi connectivity index (χ0v) is 20.7. The molecule has 4 aromatic rings. The first-order valence-corrected chi connectivity index (χ1v) is 11.9. The summed E-state index contributed by atoms with van der Waals surface area (Å²) >= 11 is 3.58. The van der Waals surface area contributed by atoms with Crippen LogP contribution in [0, 0.1) is 11.3 Å². The molecule has 0 saturated heterocycles. The lowest BCUT2D eigenvalue weighted by molar-refractivity contribution is 0.0784. The van der Waals surface area contributed by atoms with E-state index in [2.05, 4.69) is 34.0 Å². The maximum atomic E-state index is 13.4. The minimum Gasteiger partial charge on any atom is -0.478 e. The Balaban J connectivity index is 1.57. The Bertz CT molecular complexity index is 1360. The van der Waals surface area contributed by atoms with E-state index in [9.17, 15) is 4.79 Å². The van der Waals surface area contributed by atoms with E-state index in [4.69, 9.17) is 10.00 Å². The molecule has 1 heterocycles. The summed E-state index contributed by atoms with van der Waals surface area (Å²) in [6.07, 6.45) is 3.36. The van der Waals surface area contributed by atoms with Gasteiger partial charge in [-0.05, 0) is 63.0 Å². The van der Waals surface area contributed by atoms with Crippen LogP contribution in [-0.2, 0) is 13.0 Å². The number of hydrogen-bond donors (Lipinski definition) is 0. The van der Waals surface area contributed by atoms with Crippen LogP contribution in [0.1, 0.15) is 35.0 Å². The number of ether oxygens (including phenoxy) is 1. The molecule has 172 valence electrons. The minimum atomic E-state index is -0.0489. The van der Waals surface area contributed by atoms with Crippen molar-refractivity contribution in [3.63, 3.8) is 0 Å². The van der Waals surface area contributed by atoms with Crippen LogP contribution < -0.4 is 4.74 Å². The van der Waals surface area contributed by atoms with Crippen molar-refractivity contribution in [1.82, 2.24) is 14.7 Å². The lowest BCUT2D eigenvalue weighted by atomic mass is 10.1. The SMILES string of the molecule is CCCc1c(C(=O)N(C)Cc2ccc3c(Br)c(OCC#N)ccc3c2)cnn1-c1ccccc1. The van der Waals surface area contributed by atoms with E-state index in [1.54, 1.807) is 11.1 Å². The Morgan fingerprint density at radius 3 is 2.71 bits per heavy atom. The average molecular weight is 517 g/mol. The molecule has 3 aromatic carbocycles. The number of nitrogens with zero attached hydrogens (tertiary/aromatic N) is 4. The first-order chi connectivity index (χ1) is 16.5. The van der Waals surface area contributed by atoms with Crippen LogP contribution in [0.4, 0.5) is 0 Å². The topological polar surface area (TPSA) is 71.2 Å². The van der Waals surface area contributed by atoms with Crippen LogP contribution in [0.25, 0.3) is 16.5 Å². The zero-order chi connectivity index (χ0) is 24.1. The lowest BCUT2D eigenvalue weighted by Crippen LogP contribution is -2.27. The van der Waals surface area contributed by atoms with Crippen LogP contribution in [0.15, 0.2) is 71.3 Å². The van der Waals surface area contributed by atoms with Crippen LogP contribution in [0.5, 0.6) is 5.75 Å². The van der Waals surface area contributed by atoms with Crippen molar-refractivity contribution in [3.05, 3.63) is 88.2 Å². The molecule has 0 spiro atoms.